The van der Waals surface area contributed by atoms with Gasteiger partial charge in [-0.25, -0.2) is 4.39 Å². The number of hydrogen-bond acceptors (Lipinski definition) is 6. The van der Waals surface area contributed by atoms with Crippen LogP contribution in [0.15, 0.2) is 52.9 Å². The van der Waals surface area contributed by atoms with E-state index in [9.17, 15) is 9.18 Å². The third-order valence-corrected chi connectivity index (χ3v) is 3.71. The predicted octanol–water partition coefficient (Wildman–Crippen LogP) is 3.56. The average molecular weight is 356 g/mol. The third-order valence-electron chi connectivity index (χ3n) is 3.71. The summed E-state index contributed by atoms with van der Waals surface area (Å²) in [4.78, 5) is 11.9. The molecule has 0 N–H and O–H groups in total. The zero-order valence-electron chi connectivity index (χ0n) is 14.1. The van der Waals surface area contributed by atoms with E-state index in [1.165, 1.54) is 24.3 Å². The number of rotatable bonds is 7. The maximum atomic E-state index is 12.9. The molecule has 0 aliphatic rings. The van der Waals surface area contributed by atoms with Crippen molar-refractivity contribution in [2.24, 2.45) is 0 Å². The van der Waals surface area contributed by atoms with E-state index in [2.05, 4.69) is 10.2 Å². The number of hydrogen-bond donors (Lipinski definition) is 0. The maximum absolute atomic E-state index is 12.9. The molecule has 1 aromatic heterocycles. The number of esters is 1. The van der Waals surface area contributed by atoms with E-state index in [4.69, 9.17) is 13.9 Å². The molecule has 0 fully saturated rings. The van der Waals surface area contributed by atoms with Crippen LogP contribution in [0.1, 0.15) is 17.9 Å². The Morgan fingerprint density at radius 3 is 2.65 bits per heavy atom. The third kappa shape index (κ3) is 4.44. The van der Waals surface area contributed by atoms with Crippen molar-refractivity contribution in [3.8, 4) is 17.2 Å². The largest absolute Gasteiger partial charge is 0.496 e. The molecule has 0 amide bonds. The number of nitrogens with zero attached hydrogens (tertiary/aromatic N) is 2. The number of carbonyl (C=O) groups is 1. The Morgan fingerprint density at radius 1 is 1.12 bits per heavy atom. The molecule has 1 heterocycles. The summed E-state index contributed by atoms with van der Waals surface area (Å²) >= 11 is 0. The summed E-state index contributed by atoms with van der Waals surface area (Å²) in [6.07, 6.45) is 0.715. The minimum absolute atomic E-state index is 0.112. The molecule has 6 nitrogen and oxygen atoms in total. The zero-order chi connectivity index (χ0) is 18.4. The molecule has 0 bridgehead atoms. The highest BCUT2D eigenvalue weighted by atomic mass is 19.1. The fourth-order valence-corrected chi connectivity index (χ4v) is 2.38. The number of benzene rings is 2. The van der Waals surface area contributed by atoms with Crippen LogP contribution >= 0.6 is 0 Å². The summed E-state index contributed by atoms with van der Waals surface area (Å²) in [6, 6.07) is 13.2. The van der Waals surface area contributed by atoms with Crippen LogP contribution in [0.3, 0.4) is 0 Å². The van der Waals surface area contributed by atoms with Crippen LogP contribution in [0.25, 0.3) is 11.5 Å². The molecule has 0 saturated carbocycles. The van der Waals surface area contributed by atoms with Crippen molar-refractivity contribution >= 4 is 5.97 Å². The first-order chi connectivity index (χ1) is 12.7. The molecule has 0 unspecified atom stereocenters. The molecule has 0 saturated heterocycles. The first kappa shape index (κ1) is 17.6. The molecule has 0 radical (unpaired) electrons. The molecule has 26 heavy (non-hydrogen) atoms. The van der Waals surface area contributed by atoms with Crippen LogP contribution in [0.5, 0.6) is 5.75 Å². The quantitative estimate of drug-likeness (QED) is 0.603. The first-order valence-electron chi connectivity index (χ1n) is 8.01. The molecule has 134 valence electrons. The molecule has 3 aromatic rings. The normalized spacial score (nSPS) is 10.5. The van der Waals surface area contributed by atoms with Gasteiger partial charge in [-0.05, 0) is 42.3 Å². The van der Waals surface area contributed by atoms with Gasteiger partial charge in [-0.3, -0.25) is 4.79 Å². The topological polar surface area (TPSA) is 74.5 Å². The van der Waals surface area contributed by atoms with Crippen molar-refractivity contribution in [3.63, 3.8) is 0 Å². The Labute approximate surface area is 149 Å². The lowest BCUT2D eigenvalue weighted by Gasteiger charge is -2.07. The van der Waals surface area contributed by atoms with Gasteiger partial charge in [-0.15, -0.1) is 10.2 Å². The van der Waals surface area contributed by atoms with Crippen molar-refractivity contribution in [2.75, 3.05) is 7.11 Å². The number of aromatic nitrogens is 2. The number of carbonyl (C=O) groups excluding carboxylic acids is 1. The van der Waals surface area contributed by atoms with Gasteiger partial charge in [0.1, 0.15) is 11.6 Å². The minimum atomic E-state index is -0.377. The average Bonchev–Trinajstić information content (AvgIpc) is 3.14. The molecule has 2 aromatic carbocycles. The minimum Gasteiger partial charge on any atom is -0.496 e. The number of aryl methyl sites for hydroxylation is 1. The molecule has 7 heteroatoms. The standard InChI is InChI=1S/C19H17FN2O4/c1-24-16-5-3-2-4-13(16)8-11-18(23)25-12-17-21-22-19(26-17)14-6-9-15(20)10-7-14/h2-7,9-10H,8,11-12H2,1H3. The Hall–Kier alpha value is -3.22. The van der Waals surface area contributed by atoms with E-state index in [-0.39, 0.29) is 36.6 Å². The summed E-state index contributed by atoms with van der Waals surface area (Å²) in [7, 11) is 1.59. The molecular formula is C19H17FN2O4. The molecule has 0 aliphatic carbocycles. The number of methoxy groups -OCH3 is 1. The number of para-hydroxylation sites is 1. The number of halogens is 1. The van der Waals surface area contributed by atoms with Gasteiger partial charge in [-0.1, -0.05) is 18.2 Å². The van der Waals surface area contributed by atoms with Gasteiger partial charge in [-0.2, -0.15) is 0 Å². The summed E-state index contributed by atoms with van der Waals surface area (Å²) in [5.41, 5.74) is 1.52. The van der Waals surface area contributed by atoms with Gasteiger partial charge in [0.25, 0.3) is 5.89 Å². The van der Waals surface area contributed by atoms with Gasteiger partial charge in [0, 0.05) is 12.0 Å². The maximum Gasteiger partial charge on any atom is 0.306 e. The van der Waals surface area contributed by atoms with Crippen LogP contribution < -0.4 is 4.74 Å². The van der Waals surface area contributed by atoms with Gasteiger partial charge in [0.15, 0.2) is 6.61 Å². The smallest absolute Gasteiger partial charge is 0.306 e. The van der Waals surface area contributed by atoms with E-state index in [0.29, 0.717) is 12.0 Å². The summed E-state index contributed by atoms with van der Waals surface area (Å²) in [6.45, 7) is -0.112. The summed E-state index contributed by atoms with van der Waals surface area (Å²) < 4.78 is 28.8. The molecule has 0 spiro atoms. The van der Waals surface area contributed by atoms with Crippen molar-refractivity contribution in [3.05, 3.63) is 65.8 Å². The lowest BCUT2D eigenvalue weighted by atomic mass is 10.1. The molecular weight excluding hydrogens is 339 g/mol. The fraction of sp³-hybridized carbons (Fsp3) is 0.211. The van der Waals surface area contributed by atoms with E-state index in [1.54, 1.807) is 7.11 Å². The van der Waals surface area contributed by atoms with Crippen LogP contribution in [-0.2, 0) is 22.6 Å². The molecule has 0 atom stereocenters. The second kappa shape index (κ2) is 8.24. The van der Waals surface area contributed by atoms with Crippen LogP contribution in [-0.4, -0.2) is 23.3 Å². The van der Waals surface area contributed by atoms with Crippen molar-refractivity contribution < 1.29 is 23.1 Å². The van der Waals surface area contributed by atoms with Crippen LogP contribution in [0, 0.1) is 5.82 Å². The highest BCUT2D eigenvalue weighted by Crippen LogP contribution is 2.20. The van der Waals surface area contributed by atoms with E-state index in [1.807, 2.05) is 24.3 Å². The lowest BCUT2D eigenvalue weighted by molar-refractivity contribution is -0.145. The second-order valence-electron chi connectivity index (χ2n) is 5.48. The Bertz CT molecular complexity index is 877. The van der Waals surface area contributed by atoms with Gasteiger partial charge >= 0.3 is 5.97 Å². The molecule has 3 rings (SSSR count). The predicted molar refractivity (Wildman–Crippen MR) is 90.8 cm³/mol. The van der Waals surface area contributed by atoms with E-state index < -0.39 is 0 Å². The lowest BCUT2D eigenvalue weighted by Crippen LogP contribution is -2.06. The monoisotopic (exact) mass is 356 g/mol. The Morgan fingerprint density at radius 2 is 1.88 bits per heavy atom. The highest BCUT2D eigenvalue weighted by Gasteiger charge is 2.12. The van der Waals surface area contributed by atoms with Crippen molar-refractivity contribution in [1.29, 1.82) is 0 Å². The molecule has 0 aliphatic heterocycles. The first-order valence-corrected chi connectivity index (χ1v) is 8.01. The van der Waals surface area contributed by atoms with Gasteiger partial charge < -0.3 is 13.9 Å². The van der Waals surface area contributed by atoms with E-state index in [0.717, 1.165) is 11.3 Å². The Kier molecular flexibility index (Phi) is 5.58. The SMILES string of the molecule is COc1ccccc1CCC(=O)OCc1nnc(-c2ccc(F)cc2)o1. The zero-order valence-corrected chi connectivity index (χ0v) is 14.1. The van der Waals surface area contributed by atoms with Gasteiger partial charge in [0.05, 0.1) is 7.11 Å². The second-order valence-corrected chi connectivity index (χ2v) is 5.48. The van der Waals surface area contributed by atoms with Crippen LogP contribution in [0.2, 0.25) is 0 Å². The highest BCUT2D eigenvalue weighted by molar-refractivity contribution is 5.69. The van der Waals surface area contributed by atoms with Crippen LogP contribution in [0.4, 0.5) is 4.39 Å². The Balaban J connectivity index is 1.51. The summed E-state index contributed by atoms with van der Waals surface area (Å²) in [5.74, 6) is 0.427. The number of ether oxygens (including phenoxy) is 2. The summed E-state index contributed by atoms with van der Waals surface area (Å²) in [5, 5.41) is 7.69. The van der Waals surface area contributed by atoms with Crippen molar-refractivity contribution in [2.45, 2.75) is 19.4 Å². The fourth-order valence-electron chi connectivity index (χ4n) is 2.38. The van der Waals surface area contributed by atoms with E-state index >= 15 is 0 Å². The van der Waals surface area contributed by atoms with Crippen molar-refractivity contribution in [1.82, 2.24) is 10.2 Å². The van der Waals surface area contributed by atoms with Gasteiger partial charge in [0.2, 0.25) is 5.89 Å².